The van der Waals surface area contributed by atoms with Crippen molar-refractivity contribution < 1.29 is 61.7 Å². The van der Waals surface area contributed by atoms with E-state index in [1.807, 2.05) is 6.92 Å². The molecule has 0 heterocycles. The van der Waals surface area contributed by atoms with Gasteiger partial charge in [-0.05, 0) is 19.3 Å². The van der Waals surface area contributed by atoms with Crippen LogP contribution in [0.15, 0.2) is 0 Å². The van der Waals surface area contributed by atoms with Crippen LogP contribution in [0, 0.1) is 5.92 Å². The summed E-state index contributed by atoms with van der Waals surface area (Å²) in [5.74, 6) is -1.85. The molecular formula is C11H20Cl2FeO4. The van der Waals surface area contributed by atoms with Crippen molar-refractivity contribution in [3.63, 3.8) is 0 Å². The van der Waals surface area contributed by atoms with E-state index in [9.17, 15) is 9.59 Å². The summed E-state index contributed by atoms with van der Waals surface area (Å²) in [6, 6.07) is 0. The minimum atomic E-state index is -0.810. The van der Waals surface area contributed by atoms with Gasteiger partial charge in [0.25, 0.3) is 0 Å². The van der Waals surface area contributed by atoms with Crippen molar-refractivity contribution in [2.24, 2.45) is 5.92 Å². The summed E-state index contributed by atoms with van der Waals surface area (Å²) in [6.45, 7) is 2.03. The molecule has 0 aliphatic carbocycles. The number of rotatable bonds is 9. The van der Waals surface area contributed by atoms with Crippen molar-refractivity contribution in [1.29, 1.82) is 0 Å². The van der Waals surface area contributed by atoms with E-state index in [-0.39, 0.29) is 54.2 Å². The summed E-state index contributed by atoms with van der Waals surface area (Å²) in [5, 5.41) is 17.3. The molecule has 0 aromatic heterocycles. The molecule has 18 heavy (non-hydrogen) atoms. The van der Waals surface area contributed by atoms with E-state index < -0.39 is 11.9 Å². The van der Waals surface area contributed by atoms with Crippen molar-refractivity contribution in [1.82, 2.24) is 0 Å². The first-order valence-electron chi connectivity index (χ1n) is 5.52. The van der Waals surface area contributed by atoms with Crippen molar-refractivity contribution in [2.45, 2.75) is 51.9 Å². The second-order valence-corrected chi connectivity index (χ2v) is 3.82. The standard InChI is InChI=1S/C11H20O4.2ClH.Fe/c1-2-3-6-9(11(14)15)7-4-5-8-10(12)13;;;/h9H,2-8H2,1H3,(H,12,13)(H,14,15);2*1H;/q;;;+2/p-2. The van der Waals surface area contributed by atoms with Gasteiger partial charge in [0.05, 0.1) is 5.92 Å². The van der Waals surface area contributed by atoms with Crippen LogP contribution in [0.4, 0.5) is 0 Å². The van der Waals surface area contributed by atoms with Crippen LogP contribution < -0.4 is 24.8 Å². The molecule has 7 heteroatoms. The first-order chi connectivity index (χ1) is 7.07. The summed E-state index contributed by atoms with van der Waals surface area (Å²) in [7, 11) is 0. The summed E-state index contributed by atoms with van der Waals surface area (Å²) in [4.78, 5) is 21.1. The fourth-order valence-corrected chi connectivity index (χ4v) is 1.51. The molecule has 0 saturated carbocycles. The van der Waals surface area contributed by atoms with Gasteiger partial charge in [-0.1, -0.05) is 26.2 Å². The third-order valence-electron chi connectivity index (χ3n) is 2.45. The van der Waals surface area contributed by atoms with Gasteiger partial charge < -0.3 is 35.0 Å². The molecule has 0 aliphatic rings. The van der Waals surface area contributed by atoms with Crippen LogP contribution in [0.2, 0.25) is 0 Å². The third-order valence-corrected chi connectivity index (χ3v) is 2.45. The summed E-state index contributed by atoms with van der Waals surface area (Å²) >= 11 is 0. The van der Waals surface area contributed by atoms with Crippen molar-refractivity contribution in [3.05, 3.63) is 0 Å². The number of carboxylic acids is 2. The Kier molecular flexibility index (Phi) is 25.2. The van der Waals surface area contributed by atoms with Crippen LogP contribution in [0.1, 0.15) is 51.9 Å². The normalized spacial score (nSPS) is 10.3. The molecular weight excluding hydrogens is 323 g/mol. The number of carboxylic acid groups (broad SMARTS) is 2. The number of aliphatic carboxylic acids is 2. The topological polar surface area (TPSA) is 74.6 Å². The molecule has 0 aromatic carbocycles. The zero-order valence-corrected chi connectivity index (χ0v) is 13.0. The zero-order chi connectivity index (χ0) is 11.7. The maximum Gasteiger partial charge on any atom is 2.00 e. The van der Waals surface area contributed by atoms with E-state index in [0.29, 0.717) is 25.7 Å². The van der Waals surface area contributed by atoms with Crippen molar-refractivity contribution in [3.8, 4) is 0 Å². The Balaban J connectivity index is -0.000000327. The third kappa shape index (κ3) is 16.0. The molecule has 4 nitrogen and oxygen atoms in total. The fourth-order valence-electron chi connectivity index (χ4n) is 1.51. The van der Waals surface area contributed by atoms with Gasteiger partial charge in [-0.3, -0.25) is 9.59 Å². The molecule has 0 spiro atoms. The molecule has 1 atom stereocenters. The van der Waals surface area contributed by atoms with Gasteiger partial charge >= 0.3 is 29.0 Å². The predicted octanol–water partition coefficient (Wildman–Crippen LogP) is -3.47. The molecule has 0 radical (unpaired) electrons. The predicted molar refractivity (Wildman–Crippen MR) is 56.8 cm³/mol. The Morgan fingerprint density at radius 2 is 1.50 bits per heavy atom. The first-order valence-corrected chi connectivity index (χ1v) is 5.52. The number of carbonyl (C=O) groups is 2. The van der Waals surface area contributed by atoms with E-state index in [1.54, 1.807) is 0 Å². The Morgan fingerprint density at radius 1 is 1.00 bits per heavy atom. The zero-order valence-electron chi connectivity index (χ0n) is 10.3. The molecule has 0 rings (SSSR count). The van der Waals surface area contributed by atoms with Gasteiger partial charge in [0.15, 0.2) is 0 Å². The van der Waals surface area contributed by atoms with Gasteiger partial charge in [-0.25, -0.2) is 0 Å². The number of halogens is 2. The van der Waals surface area contributed by atoms with E-state index in [2.05, 4.69) is 0 Å². The van der Waals surface area contributed by atoms with E-state index in [0.717, 1.165) is 12.8 Å². The van der Waals surface area contributed by atoms with E-state index >= 15 is 0 Å². The monoisotopic (exact) mass is 342 g/mol. The maximum absolute atomic E-state index is 10.8. The molecule has 0 aliphatic heterocycles. The van der Waals surface area contributed by atoms with Crippen LogP contribution in [-0.4, -0.2) is 22.2 Å². The minimum absolute atomic E-state index is 0. The molecule has 0 aromatic rings. The average molecular weight is 343 g/mol. The number of hydrogen-bond donors (Lipinski definition) is 2. The van der Waals surface area contributed by atoms with Gasteiger partial charge in [0, 0.05) is 6.42 Å². The Labute approximate surface area is 131 Å². The summed E-state index contributed by atoms with van der Waals surface area (Å²) in [6.07, 6.45) is 4.63. The van der Waals surface area contributed by atoms with Gasteiger partial charge in [-0.15, -0.1) is 0 Å². The molecule has 0 amide bonds. The van der Waals surface area contributed by atoms with Crippen LogP contribution in [0.3, 0.4) is 0 Å². The number of hydrogen-bond acceptors (Lipinski definition) is 2. The van der Waals surface area contributed by atoms with Crippen LogP contribution in [0.25, 0.3) is 0 Å². The van der Waals surface area contributed by atoms with Gasteiger partial charge in [-0.2, -0.15) is 0 Å². The van der Waals surface area contributed by atoms with Gasteiger partial charge in [0.1, 0.15) is 0 Å². The quantitative estimate of drug-likeness (QED) is 0.337. The maximum atomic E-state index is 10.8. The number of unbranched alkanes of at least 4 members (excludes halogenated alkanes) is 2. The molecule has 2 N–H and O–H groups in total. The van der Waals surface area contributed by atoms with Crippen molar-refractivity contribution in [2.75, 3.05) is 0 Å². The van der Waals surface area contributed by atoms with E-state index in [4.69, 9.17) is 10.2 Å². The van der Waals surface area contributed by atoms with Crippen LogP contribution in [0.5, 0.6) is 0 Å². The second kappa shape index (κ2) is 17.0. The average Bonchev–Trinajstić information content (AvgIpc) is 2.15. The first kappa shape index (κ1) is 26.6. The minimum Gasteiger partial charge on any atom is -1.00 e. The Hall–Kier alpha value is 0.0395. The summed E-state index contributed by atoms with van der Waals surface area (Å²) < 4.78 is 0. The van der Waals surface area contributed by atoms with E-state index in [1.165, 1.54) is 0 Å². The molecule has 1 unspecified atom stereocenters. The SMILES string of the molecule is CCCCC(CCCCC(=O)O)C(=O)O.[Cl-].[Cl-].[Fe+2]. The summed E-state index contributed by atoms with van der Waals surface area (Å²) in [5.41, 5.74) is 0. The second-order valence-electron chi connectivity index (χ2n) is 3.82. The van der Waals surface area contributed by atoms with Crippen LogP contribution in [-0.2, 0) is 26.7 Å². The molecule has 0 fully saturated rings. The molecule has 0 saturated heterocycles. The Bertz CT molecular complexity index is 215. The fraction of sp³-hybridized carbons (Fsp3) is 0.818. The molecule has 0 bridgehead atoms. The van der Waals surface area contributed by atoms with Gasteiger partial charge in [0.2, 0.25) is 0 Å². The smallest absolute Gasteiger partial charge is 1.00 e. The largest absolute Gasteiger partial charge is 2.00 e. The molecule has 110 valence electrons. The van der Waals surface area contributed by atoms with Crippen LogP contribution >= 0.6 is 0 Å². The van der Waals surface area contributed by atoms with Crippen molar-refractivity contribution >= 4 is 11.9 Å². The Morgan fingerprint density at radius 3 is 1.89 bits per heavy atom.